The smallest absolute Gasteiger partial charge is 0.231 e. The van der Waals surface area contributed by atoms with E-state index in [-0.39, 0.29) is 6.79 Å². The highest BCUT2D eigenvalue weighted by Gasteiger charge is 2.15. The van der Waals surface area contributed by atoms with E-state index in [1.54, 1.807) is 0 Å². The van der Waals surface area contributed by atoms with Gasteiger partial charge in [-0.3, -0.25) is 0 Å². The van der Waals surface area contributed by atoms with Crippen molar-refractivity contribution >= 4 is 29.0 Å². The Bertz CT molecular complexity index is 915. The summed E-state index contributed by atoms with van der Waals surface area (Å²) < 4.78 is 10.7. The summed E-state index contributed by atoms with van der Waals surface area (Å²) in [7, 11) is 0. The lowest BCUT2D eigenvalue weighted by Crippen LogP contribution is -2.02. The van der Waals surface area contributed by atoms with Gasteiger partial charge in [0.05, 0.1) is 0 Å². The number of nitrogens with two attached hydrogens (primary N) is 1. The SMILES string of the molecule is Cc1ccc(Sc2ncnc(Nc3ccc4c(c3)OCO4)c2N)cc1. The van der Waals surface area contributed by atoms with Gasteiger partial charge in [-0.1, -0.05) is 29.5 Å². The summed E-state index contributed by atoms with van der Waals surface area (Å²) in [5, 5.41) is 3.92. The second-order valence-corrected chi connectivity index (χ2v) is 6.61. The van der Waals surface area contributed by atoms with Crippen LogP contribution in [0.25, 0.3) is 0 Å². The Kier molecular flexibility index (Phi) is 4.07. The molecule has 0 fully saturated rings. The number of nitrogens with zero attached hydrogens (tertiary/aromatic N) is 2. The topological polar surface area (TPSA) is 82.3 Å². The van der Waals surface area contributed by atoms with Gasteiger partial charge in [-0.05, 0) is 31.2 Å². The fourth-order valence-electron chi connectivity index (χ4n) is 2.39. The molecule has 0 atom stereocenters. The monoisotopic (exact) mass is 352 g/mol. The molecule has 0 amide bonds. The van der Waals surface area contributed by atoms with E-state index in [1.807, 2.05) is 30.3 Å². The van der Waals surface area contributed by atoms with Crippen LogP contribution in [0.5, 0.6) is 11.5 Å². The molecule has 0 saturated carbocycles. The van der Waals surface area contributed by atoms with Gasteiger partial charge in [-0.15, -0.1) is 0 Å². The average Bonchev–Trinajstić information content (AvgIpc) is 3.08. The van der Waals surface area contributed by atoms with Crippen LogP contribution in [0.1, 0.15) is 5.56 Å². The third-order valence-corrected chi connectivity index (χ3v) is 4.74. The molecular formula is C18H16N4O2S. The van der Waals surface area contributed by atoms with Crippen LogP contribution in [-0.2, 0) is 0 Å². The van der Waals surface area contributed by atoms with Gasteiger partial charge < -0.3 is 20.5 Å². The molecule has 7 heteroatoms. The Morgan fingerprint density at radius 2 is 1.84 bits per heavy atom. The van der Waals surface area contributed by atoms with Crippen molar-refractivity contribution in [3.05, 3.63) is 54.4 Å². The number of fused-ring (bicyclic) bond motifs is 1. The molecule has 0 radical (unpaired) electrons. The maximum absolute atomic E-state index is 6.26. The van der Waals surface area contributed by atoms with Gasteiger partial charge >= 0.3 is 0 Å². The van der Waals surface area contributed by atoms with E-state index < -0.39 is 0 Å². The van der Waals surface area contributed by atoms with Gasteiger partial charge in [-0.2, -0.15) is 0 Å². The van der Waals surface area contributed by atoms with Gasteiger partial charge in [0, 0.05) is 16.6 Å². The van der Waals surface area contributed by atoms with Gasteiger partial charge in [-0.25, -0.2) is 9.97 Å². The molecule has 0 saturated heterocycles. The number of hydrogen-bond acceptors (Lipinski definition) is 7. The second kappa shape index (κ2) is 6.52. The standard InChI is InChI=1S/C18H16N4O2S/c1-11-2-5-13(6-3-11)25-18-16(19)17(20-9-21-18)22-12-4-7-14-15(8-12)24-10-23-14/h2-9H,10,19H2,1H3,(H,20,21,22). The Morgan fingerprint density at radius 3 is 2.68 bits per heavy atom. The molecule has 0 aliphatic carbocycles. The lowest BCUT2D eigenvalue weighted by molar-refractivity contribution is 0.174. The maximum atomic E-state index is 6.26. The van der Waals surface area contributed by atoms with E-state index in [9.17, 15) is 0 Å². The van der Waals surface area contributed by atoms with Gasteiger partial charge in [0.25, 0.3) is 0 Å². The number of nitrogens with one attached hydrogen (secondary N) is 1. The molecule has 1 aliphatic rings. The number of benzene rings is 2. The third kappa shape index (κ3) is 3.32. The molecule has 2 aromatic carbocycles. The molecule has 0 unspecified atom stereocenters. The van der Waals surface area contributed by atoms with Crippen LogP contribution in [0.4, 0.5) is 17.2 Å². The van der Waals surface area contributed by atoms with Crippen molar-refractivity contribution in [2.24, 2.45) is 0 Å². The summed E-state index contributed by atoms with van der Waals surface area (Å²) in [6.45, 7) is 2.30. The van der Waals surface area contributed by atoms with E-state index in [2.05, 4.69) is 34.3 Å². The molecule has 2 heterocycles. The summed E-state index contributed by atoms with van der Waals surface area (Å²) in [6, 6.07) is 13.8. The molecule has 4 rings (SSSR count). The fourth-order valence-corrected chi connectivity index (χ4v) is 3.19. The number of ether oxygens (including phenoxy) is 2. The first-order valence-corrected chi connectivity index (χ1v) is 8.52. The number of nitrogen functional groups attached to an aromatic ring is 1. The molecule has 1 aliphatic heterocycles. The molecular weight excluding hydrogens is 336 g/mol. The van der Waals surface area contributed by atoms with Crippen molar-refractivity contribution in [3.63, 3.8) is 0 Å². The zero-order chi connectivity index (χ0) is 17.2. The minimum atomic E-state index is 0.242. The summed E-state index contributed by atoms with van der Waals surface area (Å²) in [6.07, 6.45) is 1.50. The second-order valence-electron chi connectivity index (χ2n) is 5.55. The number of aromatic nitrogens is 2. The summed E-state index contributed by atoms with van der Waals surface area (Å²) >= 11 is 1.51. The zero-order valence-electron chi connectivity index (χ0n) is 13.5. The van der Waals surface area contributed by atoms with Crippen molar-refractivity contribution in [2.75, 3.05) is 17.8 Å². The predicted molar refractivity (Wildman–Crippen MR) is 97.6 cm³/mol. The van der Waals surface area contributed by atoms with Crippen molar-refractivity contribution in [1.82, 2.24) is 9.97 Å². The number of hydrogen-bond donors (Lipinski definition) is 2. The molecule has 25 heavy (non-hydrogen) atoms. The molecule has 6 nitrogen and oxygen atoms in total. The molecule has 0 spiro atoms. The Hall–Kier alpha value is -2.93. The largest absolute Gasteiger partial charge is 0.454 e. The minimum absolute atomic E-state index is 0.242. The first-order chi connectivity index (χ1) is 12.2. The average molecular weight is 352 g/mol. The quantitative estimate of drug-likeness (QED) is 0.687. The van der Waals surface area contributed by atoms with Crippen LogP contribution in [0.2, 0.25) is 0 Å². The fraction of sp³-hybridized carbons (Fsp3) is 0.111. The van der Waals surface area contributed by atoms with E-state index in [1.165, 1.54) is 23.7 Å². The predicted octanol–water partition coefficient (Wildman–Crippen LogP) is 3.99. The lowest BCUT2D eigenvalue weighted by Gasteiger charge is -2.11. The Labute approximate surface area is 149 Å². The first-order valence-electron chi connectivity index (χ1n) is 7.71. The molecule has 0 bridgehead atoms. The number of anilines is 3. The van der Waals surface area contributed by atoms with E-state index in [0.29, 0.717) is 22.3 Å². The van der Waals surface area contributed by atoms with Crippen LogP contribution >= 0.6 is 11.8 Å². The lowest BCUT2D eigenvalue weighted by atomic mass is 10.2. The van der Waals surface area contributed by atoms with E-state index in [4.69, 9.17) is 15.2 Å². The van der Waals surface area contributed by atoms with Crippen LogP contribution in [0.3, 0.4) is 0 Å². The highest BCUT2D eigenvalue weighted by Crippen LogP contribution is 2.37. The molecule has 3 aromatic rings. The normalized spacial score (nSPS) is 12.2. The highest BCUT2D eigenvalue weighted by molar-refractivity contribution is 7.99. The van der Waals surface area contributed by atoms with Crippen molar-refractivity contribution < 1.29 is 9.47 Å². The minimum Gasteiger partial charge on any atom is -0.454 e. The summed E-state index contributed by atoms with van der Waals surface area (Å²) in [5.41, 5.74) is 8.80. The zero-order valence-corrected chi connectivity index (χ0v) is 14.3. The highest BCUT2D eigenvalue weighted by atomic mass is 32.2. The van der Waals surface area contributed by atoms with Crippen molar-refractivity contribution in [2.45, 2.75) is 16.8 Å². The van der Waals surface area contributed by atoms with Crippen molar-refractivity contribution in [1.29, 1.82) is 0 Å². The third-order valence-electron chi connectivity index (χ3n) is 3.72. The van der Waals surface area contributed by atoms with E-state index >= 15 is 0 Å². The Balaban J connectivity index is 1.57. The molecule has 1 aromatic heterocycles. The first kappa shape index (κ1) is 15.6. The van der Waals surface area contributed by atoms with Crippen molar-refractivity contribution in [3.8, 4) is 11.5 Å². The maximum Gasteiger partial charge on any atom is 0.231 e. The van der Waals surface area contributed by atoms with Gasteiger partial charge in [0.15, 0.2) is 17.3 Å². The number of rotatable bonds is 4. The molecule has 3 N–H and O–H groups in total. The Morgan fingerprint density at radius 1 is 1.04 bits per heavy atom. The van der Waals surface area contributed by atoms with Crippen LogP contribution in [0.15, 0.2) is 58.7 Å². The van der Waals surface area contributed by atoms with E-state index in [0.717, 1.165) is 16.3 Å². The van der Waals surface area contributed by atoms with Gasteiger partial charge in [0.2, 0.25) is 6.79 Å². The summed E-state index contributed by atoms with van der Waals surface area (Å²) in [4.78, 5) is 9.62. The van der Waals surface area contributed by atoms with Gasteiger partial charge in [0.1, 0.15) is 17.0 Å². The van der Waals surface area contributed by atoms with Crippen LogP contribution in [0, 0.1) is 6.92 Å². The van der Waals surface area contributed by atoms with Crippen LogP contribution in [-0.4, -0.2) is 16.8 Å². The van der Waals surface area contributed by atoms with Crippen LogP contribution < -0.4 is 20.5 Å². The molecule has 126 valence electrons. The number of aryl methyl sites for hydroxylation is 1. The summed E-state index contributed by atoms with van der Waals surface area (Å²) in [5.74, 6) is 1.99.